The number of ether oxygens (including phenoxy) is 1. The number of hydrogen-bond acceptors (Lipinski definition) is 3. The molecule has 0 radical (unpaired) electrons. The summed E-state index contributed by atoms with van der Waals surface area (Å²) in [5, 5.41) is 0. The van der Waals surface area contributed by atoms with Crippen LogP contribution in [0.4, 0.5) is 4.39 Å². The van der Waals surface area contributed by atoms with E-state index in [2.05, 4.69) is 0 Å². The van der Waals surface area contributed by atoms with E-state index in [1.165, 1.54) is 12.1 Å². The minimum Gasteiger partial charge on any atom is -0.453 e. The Bertz CT molecular complexity index is 940. The molecule has 1 amide bonds. The van der Waals surface area contributed by atoms with Crippen molar-refractivity contribution >= 4 is 11.7 Å². The Morgan fingerprint density at radius 3 is 2.04 bits per heavy atom. The average molecular weight is 349 g/mol. The summed E-state index contributed by atoms with van der Waals surface area (Å²) in [6, 6.07) is 20.0. The number of rotatable bonds is 6. The summed E-state index contributed by atoms with van der Waals surface area (Å²) in [5.74, 6) is -2.16. The van der Waals surface area contributed by atoms with Gasteiger partial charge in [0.05, 0.1) is 11.1 Å². The topological polar surface area (TPSA) is 69.4 Å². The lowest BCUT2D eigenvalue weighted by Gasteiger charge is -2.13. The zero-order chi connectivity index (χ0) is 18.5. The molecule has 0 heterocycles. The van der Waals surface area contributed by atoms with Gasteiger partial charge in [-0.3, -0.25) is 9.59 Å². The van der Waals surface area contributed by atoms with Crippen molar-refractivity contribution in [1.82, 2.24) is 0 Å². The number of carbonyl (C=O) groups is 2. The molecular weight excluding hydrogens is 333 g/mol. The van der Waals surface area contributed by atoms with Crippen molar-refractivity contribution in [2.24, 2.45) is 5.73 Å². The highest BCUT2D eigenvalue weighted by molar-refractivity contribution is 6.01. The molecule has 0 spiro atoms. The molecule has 2 N–H and O–H groups in total. The molecule has 0 fully saturated rings. The number of amides is 1. The van der Waals surface area contributed by atoms with E-state index in [-0.39, 0.29) is 23.3 Å². The van der Waals surface area contributed by atoms with Gasteiger partial charge in [0, 0.05) is 6.42 Å². The second-order valence-electron chi connectivity index (χ2n) is 5.67. The summed E-state index contributed by atoms with van der Waals surface area (Å²) in [6.45, 7) is 0. The first-order valence-corrected chi connectivity index (χ1v) is 7.98. The van der Waals surface area contributed by atoms with Crippen LogP contribution in [0.1, 0.15) is 26.3 Å². The highest BCUT2D eigenvalue weighted by Crippen LogP contribution is 2.31. The average Bonchev–Trinajstić information content (AvgIpc) is 2.64. The van der Waals surface area contributed by atoms with E-state index >= 15 is 0 Å². The predicted molar refractivity (Wildman–Crippen MR) is 95.9 cm³/mol. The Morgan fingerprint density at radius 2 is 1.42 bits per heavy atom. The van der Waals surface area contributed by atoms with Crippen molar-refractivity contribution in [3.63, 3.8) is 0 Å². The van der Waals surface area contributed by atoms with Gasteiger partial charge in [0.15, 0.2) is 17.3 Å². The number of benzene rings is 3. The van der Waals surface area contributed by atoms with Crippen molar-refractivity contribution in [3.8, 4) is 11.5 Å². The van der Waals surface area contributed by atoms with Gasteiger partial charge in [-0.1, -0.05) is 48.5 Å². The van der Waals surface area contributed by atoms with E-state index in [0.29, 0.717) is 5.75 Å². The van der Waals surface area contributed by atoms with E-state index in [9.17, 15) is 14.0 Å². The Balaban J connectivity index is 1.98. The first-order chi connectivity index (χ1) is 12.6. The minimum absolute atomic E-state index is 0.0401. The third-order valence-electron chi connectivity index (χ3n) is 3.83. The minimum atomic E-state index is -0.897. The largest absolute Gasteiger partial charge is 0.453 e. The highest BCUT2D eigenvalue weighted by Gasteiger charge is 2.22. The third kappa shape index (κ3) is 3.78. The molecule has 26 heavy (non-hydrogen) atoms. The maximum absolute atomic E-state index is 15.0. The maximum Gasteiger partial charge on any atom is 0.252 e. The summed E-state index contributed by atoms with van der Waals surface area (Å²) in [7, 11) is 0. The van der Waals surface area contributed by atoms with Crippen molar-refractivity contribution in [2.75, 3.05) is 0 Å². The van der Waals surface area contributed by atoms with E-state index in [1.807, 2.05) is 6.07 Å². The second-order valence-corrected chi connectivity index (χ2v) is 5.67. The number of ketones is 1. The number of carbonyl (C=O) groups excluding carboxylic acids is 2. The van der Waals surface area contributed by atoms with Crippen LogP contribution >= 0.6 is 0 Å². The lowest BCUT2D eigenvalue weighted by molar-refractivity contribution is 0.0977. The third-order valence-corrected chi connectivity index (χ3v) is 3.83. The zero-order valence-corrected chi connectivity index (χ0v) is 13.8. The van der Waals surface area contributed by atoms with Gasteiger partial charge in [-0.25, -0.2) is 4.39 Å². The SMILES string of the molecule is NC(=O)c1ccc(C(=O)Cc2ccccc2)c(F)c1Oc1ccccc1. The second kappa shape index (κ2) is 7.61. The molecule has 0 unspecified atom stereocenters. The summed E-state index contributed by atoms with van der Waals surface area (Å²) >= 11 is 0. The van der Waals surface area contributed by atoms with Crippen LogP contribution in [0, 0.1) is 5.82 Å². The first kappa shape index (κ1) is 17.4. The molecule has 4 nitrogen and oxygen atoms in total. The van der Waals surface area contributed by atoms with Crippen LogP contribution in [0.3, 0.4) is 0 Å². The number of halogens is 1. The van der Waals surface area contributed by atoms with E-state index in [1.54, 1.807) is 54.6 Å². The standard InChI is InChI=1S/C21H16FNO3/c22-19-16(18(24)13-14-7-3-1-4-8-14)11-12-17(21(23)25)20(19)26-15-9-5-2-6-10-15/h1-12H,13H2,(H2,23,25). The molecule has 3 rings (SSSR count). The fourth-order valence-electron chi connectivity index (χ4n) is 2.55. The fraction of sp³-hybridized carbons (Fsp3) is 0.0476. The van der Waals surface area contributed by atoms with Gasteiger partial charge in [0.2, 0.25) is 0 Å². The van der Waals surface area contributed by atoms with Gasteiger partial charge in [0.1, 0.15) is 5.75 Å². The zero-order valence-electron chi connectivity index (χ0n) is 13.8. The van der Waals surface area contributed by atoms with Crippen LogP contribution in [-0.4, -0.2) is 11.7 Å². The van der Waals surface area contributed by atoms with E-state index in [0.717, 1.165) is 5.56 Å². The van der Waals surface area contributed by atoms with Crippen LogP contribution in [0.25, 0.3) is 0 Å². The summed E-state index contributed by atoms with van der Waals surface area (Å²) in [5.41, 5.74) is 5.81. The first-order valence-electron chi connectivity index (χ1n) is 7.98. The molecule has 0 aromatic heterocycles. The van der Waals surface area contributed by atoms with E-state index < -0.39 is 17.5 Å². The molecule has 0 aliphatic carbocycles. The number of nitrogens with two attached hydrogens (primary N) is 1. The Morgan fingerprint density at radius 1 is 0.846 bits per heavy atom. The lowest BCUT2D eigenvalue weighted by atomic mass is 10.00. The molecule has 0 saturated carbocycles. The predicted octanol–water partition coefficient (Wildman–Crippen LogP) is 4.14. The van der Waals surface area contributed by atoms with Crippen molar-refractivity contribution < 1.29 is 18.7 Å². The highest BCUT2D eigenvalue weighted by atomic mass is 19.1. The molecule has 130 valence electrons. The molecule has 0 bridgehead atoms. The van der Waals surface area contributed by atoms with Gasteiger partial charge in [-0.05, 0) is 29.8 Å². The Kier molecular flexibility index (Phi) is 5.08. The quantitative estimate of drug-likeness (QED) is 0.680. The number of primary amides is 1. The van der Waals surface area contributed by atoms with Crippen molar-refractivity contribution in [2.45, 2.75) is 6.42 Å². The van der Waals surface area contributed by atoms with Gasteiger partial charge in [0.25, 0.3) is 5.91 Å². The summed E-state index contributed by atoms with van der Waals surface area (Å²) < 4.78 is 20.5. The van der Waals surface area contributed by atoms with Gasteiger partial charge in [-0.2, -0.15) is 0 Å². The molecule has 3 aromatic rings. The maximum atomic E-state index is 15.0. The molecule has 3 aromatic carbocycles. The molecule has 0 aliphatic rings. The number of hydrogen-bond donors (Lipinski definition) is 1. The summed E-state index contributed by atoms with van der Waals surface area (Å²) in [6.07, 6.45) is 0.0401. The van der Waals surface area contributed by atoms with Crippen LogP contribution in [0.5, 0.6) is 11.5 Å². The molecule has 0 atom stereocenters. The number of para-hydroxylation sites is 1. The van der Waals surface area contributed by atoms with E-state index in [4.69, 9.17) is 10.5 Å². The van der Waals surface area contributed by atoms with Crippen LogP contribution in [-0.2, 0) is 6.42 Å². The lowest BCUT2D eigenvalue weighted by Crippen LogP contribution is -2.15. The Hall–Kier alpha value is -3.47. The van der Waals surface area contributed by atoms with Crippen LogP contribution < -0.4 is 10.5 Å². The van der Waals surface area contributed by atoms with Crippen LogP contribution in [0.2, 0.25) is 0 Å². The molecular formula is C21H16FNO3. The van der Waals surface area contributed by atoms with Crippen molar-refractivity contribution in [1.29, 1.82) is 0 Å². The normalized spacial score (nSPS) is 10.3. The van der Waals surface area contributed by atoms with Gasteiger partial charge >= 0.3 is 0 Å². The molecule has 5 heteroatoms. The molecule has 0 saturated heterocycles. The smallest absolute Gasteiger partial charge is 0.252 e. The fourth-order valence-corrected chi connectivity index (χ4v) is 2.55. The Labute approximate surface area is 150 Å². The van der Waals surface area contributed by atoms with Crippen molar-refractivity contribution in [3.05, 3.63) is 95.3 Å². The monoisotopic (exact) mass is 349 g/mol. The number of Topliss-reactive ketones (excluding diaryl/α,β-unsaturated/α-hetero) is 1. The summed E-state index contributed by atoms with van der Waals surface area (Å²) in [4.78, 5) is 24.1. The molecule has 0 aliphatic heterocycles. The van der Waals surface area contributed by atoms with Gasteiger partial charge in [-0.15, -0.1) is 0 Å². The van der Waals surface area contributed by atoms with Gasteiger partial charge < -0.3 is 10.5 Å². The van der Waals surface area contributed by atoms with Crippen LogP contribution in [0.15, 0.2) is 72.8 Å².